The van der Waals surface area contributed by atoms with Crippen LogP contribution in [0, 0.1) is 0 Å². The molecule has 21 heavy (non-hydrogen) atoms. The number of nitrogens with zero attached hydrogens (tertiary/aromatic N) is 1. The zero-order chi connectivity index (χ0) is 15.1. The predicted molar refractivity (Wildman–Crippen MR) is 84.7 cm³/mol. The first-order chi connectivity index (χ1) is 10.2. The molecule has 5 nitrogen and oxygen atoms in total. The van der Waals surface area contributed by atoms with Crippen molar-refractivity contribution >= 4 is 11.7 Å². The highest BCUT2D eigenvalue weighted by Crippen LogP contribution is 2.15. The van der Waals surface area contributed by atoms with Crippen molar-refractivity contribution in [2.24, 2.45) is 0 Å². The van der Waals surface area contributed by atoms with E-state index in [2.05, 4.69) is 29.4 Å². The maximum atomic E-state index is 12.0. The minimum Gasteiger partial charge on any atom is -0.379 e. The second-order valence-corrected chi connectivity index (χ2v) is 5.34. The number of nitrogens with one attached hydrogen (secondary N) is 2. The van der Waals surface area contributed by atoms with E-state index in [9.17, 15) is 4.79 Å². The molecule has 2 rings (SSSR count). The molecule has 1 atom stereocenters. The number of carbonyl (C=O) groups is 1. The molecule has 1 aromatic rings. The van der Waals surface area contributed by atoms with Crippen molar-refractivity contribution in [1.82, 2.24) is 10.2 Å². The number of benzene rings is 1. The summed E-state index contributed by atoms with van der Waals surface area (Å²) in [5, 5.41) is 5.87. The summed E-state index contributed by atoms with van der Waals surface area (Å²) in [4.78, 5) is 14.3. The Morgan fingerprint density at radius 2 is 2.05 bits per heavy atom. The van der Waals surface area contributed by atoms with Crippen LogP contribution in [0.3, 0.4) is 0 Å². The van der Waals surface area contributed by atoms with Gasteiger partial charge in [-0.15, -0.1) is 0 Å². The van der Waals surface area contributed by atoms with Gasteiger partial charge in [0.2, 0.25) is 0 Å². The lowest BCUT2D eigenvalue weighted by atomic mass is 10.1. The molecule has 1 aliphatic heterocycles. The van der Waals surface area contributed by atoms with E-state index in [1.165, 1.54) is 0 Å². The summed E-state index contributed by atoms with van der Waals surface area (Å²) in [6.07, 6.45) is 0.903. The van der Waals surface area contributed by atoms with Gasteiger partial charge in [0.05, 0.1) is 13.2 Å². The van der Waals surface area contributed by atoms with Crippen molar-refractivity contribution < 1.29 is 9.53 Å². The minimum atomic E-state index is -0.143. The Balaban J connectivity index is 1.79. The fourth-order valence-corrected chi connectivity index (χ4v) is 2.50. The van der Waals surface area contributed by atoms with Crippen LogP contribution < -0.4 is 10.6 Å². The van der Waals surface area contributed by atoms with E-state index in [4.69, 9.17) is 4.74 Å². The molecule has 2 N–H and O–H groups in total. The van der Waals surface area contributed by atoms with Gasteiger partial charge >= 0.3 is 6.03 Å². The molecule has 0 radical (unpaired) electrons. The third-order valence-electron chi connectivity index (χ3n) is 3.87. The number of aryl methyl sites for hydroxylation is 1. The molecule has 1 fully saturated rings. The lowest BCUT2D eigenvalue weighted by Crippen LogP contribution is -2.47. The van der Waals surface area contributed by atoms with Crippen molar-refractivity contribution in [2.75, 3.05) is 38.2 Å². The molecule has 1 saturated heterocycles. The molecular weight excluding hydrogens is 266 g/mol. The van der Waals surface area contributed by atoms with Crippen LogP contribution in [0.1, 0.15) is 19.4 Å². The number of hydrogen-bond acceptors (Lipinski definition) is 3. The molecule has 0 aliphatic carbocycles. The summed E-state index contributed by atoms with van der Waals surface area (Å²) >= 11 is 0. The maximum Gasteiger partial charge on any atom is 0.319 e. The van der Waals surface area contributed by atoms with E-state index >= 15 is 0 Å². The summed E-state index contributed by atoms with van der Waals surface area (Å²) in [6, 6.07) is 8.07. The molecule has 0 spiro atoms. The molecule has 0 aromatic heterocycles. The average Bonchev–Trinajstić information content (AvgIpc) is 2.54. The first-order valence-electron chi connectivity index (χ1n) is 7.65. The Bertz CT molecular complexity index is 459. The second-order valence-electron chi connectivity index (χ2n) is 5.34. The second kappa shape index (κ2) is 8.00. The summed E-state index contributed by atoms with van der Waals surface area (Å²) in [6.45, 7) is 8.28. The van der Waals surface area contributed by atoms with Crippen LogP contribution in [-0.4, -0.2) is 49.8 Å². The van der Waals surface area contributed by atoms with Crippen LogP contribution in [0.25, 0.3) is 0 Å². The van der Waals surface area contributed by atoms with Crippen LogP contribution in [0.4, 0.5) is 10.5 Å². The average molecular weight is 291 g/mol. The summed E-state index contributed by atoms with van der Waals surface area (Å²) < 4.78 is 5.34. The zero-order valence-electron chi connectivity index (χ0n) is 12.9. The van der Waals surface area contributed by atoms with Gasteiger partial charge in [-0.1, -0.05) is 25.1 Å². The number of urea groups is 1. The van der Waals surface area contributed by atoms with E-state index in [1.54, 1.807) is 0 Å². The fourth-order valence-electron chi connectivity index (χ4n) is 2.50. The van der Waals surface area contributed by atoms with Gasteiger partial charge in [-0.2, -0.15) is 0 Å². The van der Waals surface area contributed by atoms with Gasteiger partial charge < -0.3 is 15.4 Å². The van der Waals surface area contributed by atoms with Gasteiger partial charge in [-0.05, 0) is 25.0 Å². The van der Waals surface area contributed by atoms with Crippen molar-refractivity contribution in [3.8, 4) is 0 Å². The quantitative estimate of drug-likeness (QED) is 0.873. The normalized spacial score (nSPS) is 17.2. The highest BCUT2D eigenvalue weighted by molar-refractivity contribution is 5.90. The number of amides is 2. The molecular formula is C16H25N3O2. The third kappa shape index (κ3) is 4.72. The molecule has 1 aliphatic rings. The van der Waals surface area contributed by atoms with Gasteiger partial charge in [0.25, 0.3) is 0 Å². The molecule has 0 unspecified atom stereocenters. The monoisotopic (exact) mass is 291 g/mol. The van der Waals surface area contributed by atoms with E-state index in [1.807, 2.05) is 24.3 Å². The number of para-hydroxylation sites is 1. The largest absolute Gasteiger partial charge is 0.379 e. The van der Waals surface area contributed by atoms with Gasteiger partial charge in [-0.25, -0.2) is 4.79 Å². The van der Waals surface area contributed by atoms with E-state index < -0.39 is 0 Å². The highest BCUT2D eigenvalue weighted by atomic mass is 16.5. The van der Waals surface area contributed by atoms with Gasteiger partial charge in [0.15, 0.2) is 0 Å². The van der Waals surface area contributed by atoms with E-state index in [-0.39, 0.29) is 6.03 Å². The number of rotatable bonds is 5. The van der Waals surface area contributed by atoms with Crippen LogP contribution in [0.5, 0.6) is 0 Å². The van der Waals surface area contributed by atoms with Crippen molar-refractivity contribution in [3.05, 3.63) is 29.8 Å². The van der Waals surface area contributed by atoms with Gasteiger partial charge in [-0.3, -0.25) is 4.90 Å². The molecule has 116 valence electrons. The molecule has 1 heterocycles. The Hall–Kier alpha value is -1.59. The molecule has 1 aromatic carbocycles. The predicted octanol–water partition coefficient (Wildman–Crippen LogP) is 2.09. The van der Waals surface area contributed by atoms with Gasteiger partial charge in [0, 0.05) is 31.4 Å². The molecule has 2 amide bonds. The molecule has 0 bridgehead atoms. The van der Waals surface area contributed by atoms with Crippen LogP contribution in [0.15, 0.2) is 24.3 Å². The van der Waals surface area contributed by atoms with Crippen molar-refractivity contribution in [1.29, 1.82) is 0 Å². The standard InChI is InChI=1S/C16H25N3O2/c1-3-14-6-4-5-7-15(14)18-16(20)17-12-13(2)19-8-10-21-11-9-19/h4-7,13H,3,8-12H2,1-2H3,(H2,17,18,20)/t13-/m1/s1. The first kappa shape index (κ1) is 15.8. The molecule has 5 heteroatoms. The number of ether oxygens (including phenoxy) is 1. The molecule has 0 saturated carbocycles. The smallest absolute Gasteiger partial charge is 0.319 e. The fraction of sp³-hybridized carbons (Fsp3) is 0.562. The Morgan fingerprint density at radius 1 is 1.33 bits per heavy atom. The summed E-state index contributed by atoms with van der Waals surface area (Å²) in [5.74, 6) is 0. The third-order valence-corrected chi connectivity index (χ3v) is 3.87. The Kier molecular flexibility index (Phi) is 6.02. The number of hydrogen-bond donors (Lipinski definition) is 2. The summed E-state index contributed by atoms with van der Waals surface area (Å²) in [7, 11) is 0. The van der Waals surface area contributed by atoms with Gasteiger partial charge in [0.1, 0.15) is 0 Å². The first-order valence-corrected chi connectivity index (χ1v) is 7.65. The van der Waals surface area contributed by atoms with Crippen LogP contribution in [-0.2, 0) is 11.2 Å². The minimum absolute atomic E-state index is 0.143. The van der Waals surface area contributed by atoms with Crippen molar-refractivity contribution in [3.63, 3.8) is 0 Å². The number of morpholine rings is 1. The lowest BCUT2D eigenvalue weighted by Gasteiger charge is -2.32. The maximum absolute atomic E-state index is 12.0. The van der Waals surface area contributed by atoms with E-state index in [0.29, 0.717) is 12.6 Å². The summed E-state index contributed by atoms with van der Waals surface area (Å²) in [5.41, 5.74) is 2.03. The van der Waals surface area contributed by atoms with Crippen molar-refractivity contribution in [2.45, 2.75) is 26.3 Å². The lowest BCUT2D eigenvalue weighted by molar-refractivity contribution is 0.0209. The Morgan fingerprint density at radius 3 is 2.76 bits per heavy atom. The van der Waals surface area contributed by atoms with Crippen LogP contribution in [0.2, 0.25) is 0 Å². The van der Waals surface area contributed by atoms with Crippen LogP contribution >= 0.6 is 0 Å². The SMILES string of the molecule is CCc1ccccc1NC(=O)NC[C@@H](C)N1CCOCC1. The number of anilines is 1. The highest BCUT2D eigenvalue weighted by Gasteiger charge is 2.17. The topological polar surface area (TPSA) is 53.6 Å². The zero-order valence-corrected chi connectivity index (χ0v) is 12.9. The van der Waals surface area contributed by atoms with E-state index in [0.717, 1.165) is 44.0 Å². The Labute approximate surface area is 126 Å². The number of carbonyl (C=O) groups excluding carboxylic acids is 1.